The molecule has 0 aliphatic rings. The zero-order valence-corrected chi connectivity index (χ0v) is 21.2. The Labute approximate surface area is 220 Å². The molecule has 0 saturated heterocycles. The van der Waals surface area contributed by atoms with E-state index in [-0.39, 0.29) is 0 Å². The number of rotatable bonds is 12. The van der Waals surface area contributed by atoms with Gasteiger partial charge in [0.2, 0.25) is 0 Å². The van der Waals surface area contributed by atoms with Crippen LogP contribution in [-0.4, -0.2) is 65.6 Å². The van der Waals surface area contributed by atoms with Crippen LogP contribution in [0, 0.1) is 0 Å². The van der Waals surface area contributed by atoms with Crippen LogP contribution < -0.4 is 14.8 Å². The molecular formula is C28H28N6O4. The van der Waals surface area contributed by atoms with Crippen molar-refractivity contribution in [3.8, 4) is 28.4 Å². The van der Waals surface area contributed by atoms with E-state index in [1.54, 1.807) is 18.9 Å². The van der Waals surface area contributed by atoms with E-state index in [0.29, 0.717) is 43.7 Å². The molecule has 0 bridgehead atoms. The number of nitrogens with one attached hydrogen (secondary N) is 1. The molecule has 0 spiro atoms. The van der Waals surface area contributed by atoms with Crippen molar-refractivity contribution in [3.63, 3.8) is 0 Å². The highest BCUT2D eigenvalue weighted by Gasteiger charge is 2.14. The van der Waals surface area contributed by atoms with Crippen LogP contribution >= 0.6 is 0 Å². The van der Waals surface area contributed by atoms with Crippen molar-refractivity contribution in [3.05, 3.63) is 79.3 Å². The highest BCUT2D eigenvalue weighted by Crippen LogP contribution is 2.35. The largest absolute Gasteiger partial charge is 0.487 e. The maximum Gasteiger partial charge on any atom is 0.163 e. The fraction of sp³-hybridized carbons (Fsp3) is 0.214. The normalized spacial score (nSPS) is 11.0. The number of para-hydroxylation sites is 1. The first-order valence-electron chi connectivity index (χ1n) is 12.1. The van der Waals surface area contributed by atoms with Crippen molar-refractivity contribution in [1.29, 1.82) is 0 Å². The van der Waals surface area contributed by atoms with Gasteiger partial charge in [0.1, 0.15) is 31.1 Å². The topological polar surface area (TPSA) is 105 Å². The van der Waals surface area contributed by atoms with Crippen LogP contribution in [0.1, 0.15) is 0 Å². The average Bonchev–Trinajstić information content (AvgIpc) is 3.45. The second kappa shape index (κ2) is 12.1. The van der Waals surface area contributed by atoms with E-state index < -0.39 is 0 Å². The second-order valence-corrected chi connectivity index (χ2v) is 8.31. The van der Waals surface area contributed by atoms with Gasteiger partial charge in [0.25, 0.3) is 0 Å². The molecule has 2 aromatic heterocycles. The minimum Gasteiger partial charge on any atom is -0.487 e. The molecule has 0 fully saturated rings. The Bertz CT molecular complexity index is 1490. The smallest absolute Gasteiger partial charge is 0.163 e. The number of hydrogen-bond donors (Lipinski definition) is 1. The maximum atomic E-state index is 5.95. The van der Waals surface area contributed by atoms with E-state index >= 15 is 0 Å². The summed E-state index contributed by atoms with van der Waals surface area (Å²) in [5.41, 5.74) is 4.20. The van der Waals surface area contributed by atoms with Crippen LogP contribution in [0.2, 0.25) is 0 Å². The lowest BCUT2D eigenvalue weighted by molar-refractivity contribution is 0.132. The van der Waals surface area contributed by atoms with Gasteiger partial charge in [-0.15, -0.1) is 5.10 Å². The van der Waals surface area contributed by atoms with Crippen LogP contribution in [0.3, 0.4) is 0 Å². The second-order valence-electron chi connectivity index (χ2n) is 8.31. The van der Waals surface area contributed by atoms with Crippen molar-refractivity contribution >= 4 is 22.4 Å². The molecule has 0 atom stereocenters. The van der Waals surface area contributed by atoms with Crippen LogP contribution in [0.25, 0.3) is 27.8 Å². The third-order valence-corrected chi connectivity index (χ3v) is 5.73. The highest BCUT2D eigenvalue weighted by molar-refractivity contribution is 5.93. The summed E-state index contributed by atoms with van der Waals surface area (Å²) >= 11 is 0. The average molecular weight is 513 g/mol. The minimum atomic E-state index is 0.380. The summed E-state index contributed by atoms with van der Waals surface area (Å²) in [5, 5.41) is 12.8. The van der Waals surface area contributed by atoms with Crippen molar-refractivity contribution < 1.29 is 18.9 Å². The molecule has 0 unspecified atom stereocenters. The molecular weight excluding hydrogens is 484 g/mol. The summed E-state index contributed by atoms with van der Waals surface area (Å²) in [6, 6.07) is 21.5. The quantitative estimate of drug-likeness (QED) is 0.239. The van der Waals surface area contributed by atoms with Crippen molar-refractivity contribution in [2.24, 2.45) is 0 Å². The molecule has 5 aromatic rings. The van der Waals surface area contributed by atoms with Crippen molar-refractivity contribution in [1.82, 2.24) is 25.0 Å². The lowest BCUT2D eigenvalue weighted by atomic mass is 10.1. The summed E-state index contributed by atoms with van der Waals surface area (Å²) in [6.45, 7) is 1.68. The van der Waals surface area contributed by atoms with Gasteiger partial charge in [-0.3, -0.25) is 0 Å². The molecule has 38 heavy (non-hydrogen) atoms. The fourth-order valence-electron chi connectivity index (χ4n) is 3.86. The first-order valence-corrected chi connectivity index (χ1v) is 12.1. The SMILES string of the molecule is COCCOc1cc2ncnc(Nc3cccc(-c4cn(-c5ccccc5)nn4)c3)c2cc1OCCOC. The molecule has 5 rings (SSSR count). The Morgan fingerprint density at radius 1 is 0.789 bits per heavy atom. The van der Waals surface area contributed by atoms with Gasteiger partial charge in [0, 0.05) is 36.9 Å². The summed E-state index contributed by atoms with van der Waals surface area (Å²) in [4.78, 5) is 8.94. The highest BCUT2D eigenvalue weighted by atomic mass is 16.5. The Hall–Kier alpha value is -4.54. The Morgan fingerprint density at radius 3 is 2.32 bits per heavy atom. The van der Waals surface area contributed by atoms with E-state index in [1.807, 2.05) is 72.9 Å². The first-order chi connectivity index (χ1) is 18.7. The number of nitrogens with zero attached hydrogens (tertiary/aromatic N) is 5. The first kappa shape index (κ1) is 25.1. The zero-order chi connectivity index (χ0) is 26.2. The molecule has 2 heterocycles. The van der Waals surface area contributed by atoms with Gasteiger partial charge in [-0.25, -0.2) is 14.6 Å². The number of ether oxygens (including phenoxy) is 4. The molecule has 10 heteroatoms. The van der Waals surface area contributed by atoms with Crippen LogP contribution in [0.4, 0.5) is 11.5 Å². The third kappa shape index (κ3) is 5.88. The molecule has 0 aliphatic heterocycles. The molecule has 194 valence electrons. The Kier molecular flexibility index (Phi) is 8.02. The lowest BCUT2D eigenvalue weighted by Gasteiger charge is -2.15. The molecule has 3 aromatic carbocycles. The third-order valence-electron chi connectivity index (χ3n) is 5.73. The van der Waals surface area contributed by atoms with Crippen LogP contribution in [0.5, 0.6) is 11.5 Å². The van der Waals surface area contributed by atoms with Gasteiger partial charge in [-0.1, -0.05) is 35.5 Å². The van der Waals surface area contributed by atoms with E-state index in [4.69, 9.17) is 18.9 Å². The Balaban J connectivity index is 1.42. The van der Waals surface area contributed by atoms with E-state index in [2.05, 4.69) is 25.6 Å². The van der Waals surface area contributed by atoms with Crippen LogP contribution in [0.15, 0.2) is 79.3 Å². The molecule has 0 aliphatic carbocycles. The van der Waals surface area contributed by atoms with E-state index in [1.165, 1.54) is 6.33 Å². The van der Waals surface area contributed by atoms with E-state index in [0.717, 1.165) is 33.5 Å². The summed E-state index contributed by atoms with van der Waals surface area (Å²) in [5.74, 6) is 1.80. The van der Waals surface area contributed by atoms with Crippen LogP contribution in [-0.2, 0) is 9.47 Å². The number of benzene rings is 3. The monoisotopic (exact) mass is 512 g/mol. The molecule has 1 N–H and O–H groups in total. The predicted molar refractivity (Wildman–Crippen MR) is 144 cm³/mol. The van der Waals surface area contributed by atoms with Gasteiger partial charge in [0.15, 0.2) is 11.5 Å². The van der Waals surface area contributed by atoms with E-state index in [9.17, 15) is 0 Å². The molecule has 10 nitrogen and oxygen atoms in total. The maximum absolute atomic E-state index is 5.95. The predicted octanol–water partition coefficient (Wildman–Crippen LogP) is 4.67. The number of anilines is 2. The zero-order valence-electron chi connectivity index (χ0n) is 21.2. The van der Waals surface area contributed by atoms with Crippen molar-refractivity contribution in [2.45, 2.75) is 0 Å². The lowest BCUT2D eigenvalue weighted by Crippen LogP contribution is -2.09. The number of aromatic nitrogens is 5. The molecule has 0 amide bonds. The molecule has 0 radical (unpaired) electrons. The summed E-state index contributed by atoms with van der Waals surface area (Å²) < 4.78 is 23.8. The number of hydrogen-bond acceptors (Lipinski definition) is 9. The van der Waals surface area contributed by atoms with Gasteiger partial charge in [-0.05, 0) is 30.3 Å². The standard InChI is InChI=1S/C28H28N6O4/c1-35-11-13-37-26-16-23-24(17-27(26)38-14-12-36-2)29-19-30-28(23)31-21-8-6-7-20(15-21)25-18-34(33-32-25)22-9-4-3-5-10-22/h3-10,15-19H,11-14H2,1-2H3,(H,29,30,31). The number of fused-ring (bicyclic) bond motifs is 1. The Morgan fingerprint density at radius 2 is 1.55 bits per heavy atom. The van der Waals surface area contributed by atoms with Gasteiger partial charge >= 0.3 is 0 Å². The van der Waals surface area contributed by atoms with Crippen molar-refractivity contribution in [2.75, 3.05) is 46.0 Å². The summed E-state index contributed by atoms with van der Waals surface area (Å²) in [7, 11) is 3.26. The molecule has 0 saturated carbocycles. The minimum absolute atomic E-state index is 0.380. The van der Waals surface area contributed by atoms with Gasteiger partial charge < -0.3 is 24.3 Å². The van der Waals surface area contributed by atoms with Gasteiger partial charge in [-0.2, -0.15) is 0 Å². The number of methoxy groups -OCH3 is 2. The van der Waals surface area contributed by atoms with Gasteiger partial charge in [0.05, 0.1) is 30.6 Å². The summed E-state index contributed by atoms with van der Waals surface area (Å²) in [6.07, 6.45) is 3.42. The fourth-order valence-corrected chi connectivity index (χ4v) is 3.86.